The van der Waals surface area contributed by atoms with Crippen LogP contribution in [0.1, 0.15) is 44.8 Å². The zero-order valence-corrected chi connectivity index (χ0v) is 15.3. The van der Waals surface area contributed by atoms with Gasteiger partial charge in [-0.25, -0.2) is 0 Å². The number of furan rings is 1. The first-order chi connectivity index (χ1) is 11.2. The van der Waals surface area contributed by atoms with Crippen LogP contribution in [0.25, 0.3) is 11.0 Å². The SMILES string of the molecule is CCCN(C(=O)C(C)c1cc2ccccc2o1)C1CCNCC1.Cl. The molecule has 0 spiro atoms. The quantitative estimate of drug-likeness (QED) is 0.888. The van der Waals surface area contributed by atoms with Crippen LogP contribution in [-0.2, 0) is 4.79 Å². The van der Waals surface area contributed by atoms with Crippen LogP contribution in [0, 0.1) is 0 Å². The van der Waals surface area contributed by atoms with Gasteiger partial charge in [0.25, 0.3) is 0 Å². The van der Waals surface area contributed by atoms with Crippen molar-refractivity contribution < 1.29 is 9.21 Å². The Kier molecular flexibility index (Phi) is 6.69. The maximum atomic E-state index is 13.1. The molecule has 4 nitrogen and oxygen atoms in total. The number of rotatable bonds is 5. The Labute approximate surface area is 150 Å². The molecule has 1 aromatic carbocycles. The first-order valence-corrected chi connectivity index (χ1v) is 8.70. The van der Waals surface area contributed by atoms with Crippen LogP contribution in [0.4, 0.5) is 0 Å². The van der Waals surface area contributed by atoms with Crippen molar-refractivity contribution in [1.29, 1.82) is 0 Å². The van der Waals surface area contributed by atoms with Crippen LogP contribution in [0.3, 0.4) is 0 Å². The second kappa shape index (κ2) is 8.54. The Bertz CT molecular complexity index is 631. The molecule has 0 aliphatic carbocycles. The minimum Gasteiger partial charge on any atom is -0.460 e. The fourth-order valence-electron chi connectivity index (χ4n) is 3.42. The Morgan fingerprint density at radius 2 is 2.04 bits per heavy atom. The molecule has 1 unspecified atom stereocenters. The summed E-state index contributed by atoms with van der Waals surface area (Å²) in [5.74, 6) is 0.730. The third kappa shape index (κ3) is 3.93. The Morgan fingerprint density at radius 3 is 2.71 bits per heavy atom. The molecule has 3 rings (SSSR count). The highest BCUT2D eigenvalue weighted by atomic mass is 35.5. The summed E-state index contributed by atoms with van der Waals surface area (Å²) in [4.78, 5) is 15.1. The molecule has 2 heterocycles. The molecule has 0 bridgehead atoms. The van der Waals surface area contributed by atoms with E-state index in [0.29, 0.717) is 6.04 Å². The van der Waals surface area contributed by atoms with Crippen molar-refractivity contribution in [2.45, 2.75) is 45.1 Å². The van der Waals surface area contributed by atoms with Gasteiger partial charge in [-0.2, -0.15) is 0 Å². The van der Waals surface area contributed by atoms with Crippen molar-refractivity contribution in [3.8, 4) is 0 Å². The largest absolute Gasteiger partial charge is 0.460 e. The van der Waals surface area contributed by atoms with E-state index in [1.807, 2.05) is 37.3 Å². The number of hydrogen-bond acceptors (Lipinski definition) is 3. The van der Waals surface area contributed by atoms with Gasteiger partial charge in [-0.15, -0.1) is 12.4 Å². The Balaban J connectivity index is 0.00000208. The van der Waals surface area contributed by atoms with E-state index in [2.05, 4.69) is 17.1 Å². The van der Waals surface area contributed by atoms with Gasteiger partial charge in [-0.05, 0) is 51.4 Å². The predicted molar refractivity (Wildman–Crippen MR) is 99.8 cm³/mol. The van der Waals surface area contributed by atoms with Crippen molar-refractivity contribution in [1.82, 2.24) is 10.2 Å². The minimum atomic E-state index is -0.233. The summed E-state index contributed by atoms with van der Waals surface area (Å²) in [7, 11) is 0. The highest BCUT2D eigenvalue weighted by molar-refractivity contribution is 5.86. The van der Waals surface area contributed by atoms with Crippen molar-refractivity contribution in [3.05, 3.63) is 36.1 Å². The van der Waals surface area contributed by atoms with Gasteiger partial charge in [0.15, 0.2) is 0 Å². The van der Waals surface area contributed by atoms with Crippen LogP contribution >= 0.6 is 12.4 Å². The van der Waals surface area contributed by atoms with E-state index in [9.17, 15) is 4.79 Å². The van der Waals surface area contributed by atoms with E-state index < -0.39 is 0 Å². The zero-order chi connectivity index (χ0) is 16.2. The lowest BCUT2D eigenvalue weighted by molar-refractivity contribution is -0.135. The number of halogens is 1. The molecule has 1 fully saturated rings. The highest BCUT2D eigenvalue weighted by Crippen LogP contribution is 2.27. The molecule has 1 aromatic heterocycles. The van der Waals surface area contributed by atoms with Gasteiger partial charge in [0, 0.05) is 18.0 Å². The Morgan fingerprint density at radius 1 is 1.33 bits per heavy atom. The predicted octanol–water partition coefficient (Wildman–Crippen LogP) is 3.95. The van der Waals surface area contributed by atoms with Crippen molar-refractivity contribution in [3.63, 3.8) is 0 Å². The average Bonchev–Trinajstić information content (AvgIpc) is 3.03. The smallest absolute Gasteiger partial charge is 0.233 e. The Hall–Kier alpha value is -1.52. The van der Waals surface area contributed by atoms with Crippen LogP contribution in [0.2, 0.25) is 0 Å². The molecule has 2 aromatic rings. The van der Waals surface area contributed by atoms with Crippen LogP contribution in [-0.4, -0.2) is 36.5 Å². The van der Waals surface area contributed by atoms with E-state index >= 15 is 0 Å². The average molecular weight is 351 g/mol. The van der Waals surface area contributed by atoms with Crippen molar-refractivity contribution in [2.75, 3.05) is 19.6 Å². The second-order valence-electron chi connectivity index (χ2n) is 6.42. The monoisotopic (exact) mass is 350 g/mol. The zero-order valence-electron chi connectivity index (χ0n) is 14.5. The molecular formula is C19H27ClN2O2. The van der Waals surface area contributed by atoms with Gasteiger partial charge in [0.1, 0.15) is 11.3 Å². The van der Waals surface area contributed by atoms with Crippen LogP contribution < -0.4 is 5.32 Å². The van der Waals surface area contributed by atoms with Gasteiger partial charge < -0.3 is 14.6 Å². The van der Waals surface area contributed by atoms with E-state index in [1.54, 1.807) is 0 Å². The molecule has 1 atom stereocenters. The number of fused-ring (bicyclic) bond motifs is 1. The lowest BCUT2D eigenvalue weighted by atomic mass is 10.0. The molecule has 1 amide bonds. The van der Waals surface area contributed by atoms with Gasteiger partial charge in [-0.3, -0.25) is 4.79 Å². The summed E-state index contributed by atoms with van der Waals surface area (Å²) < 4.78 is 5.91. The molecule has 1 saturated heterocycles. The lowest BCUT2D eigenvalue weighted by Gasteiger charge is -2.35. The third-order valence-electron chi connectivity index (χ3n) is 4.74. The summed E-state index contributed by atoms with van der Waals surface area (Å²) in [6.45, 7) is 6.92. The standard InChI is InChI=1S/C19H26N2O2.ClH/c1-3-12-21(16-8-10-20-11-9-16)19(22)14(2)18-13-15-6-4-5-7-17(15)23-18;/h4-7,13-14,16,20H,3,8-12H2,1-2H3;1H. The molecule has 24 heavy (non-hydrogen) atoms. The van der Waals surface area contributed by atoms with E-state index in [4.69, 9.17) is 4.42 Å². The number of benzene rings is 1. The summed E-state index contributed by atoms with van der Waals surface area (Å²) in [5, 5.41) is 4.43. The number of amides is 1. The summed E-state index contributed by atoms with van der Waals surface area (Å²) in [6, 6.07) is 10.3. The molecular weight excluding hydrogens is 324 g/mol. The fourth-order valence-corrected chi connectivity index (χ4v) is 3.42. The van der Waals surface area contributed by atoms with Gasteiger partial charge >= 0.3 is 0 Å². The van der Waals surface area contributed by atoms with Gasteiger partial charge in [-0.1, -0.05) is 25.1 Å². The highest BCUT2D eigenvalue weighted by Gasteiger charge is 2.30. The number of nitrogens with zero attached hydrogens (tertiary/aromatic N) is 1. The molecule has 132 valence electrons. The summed E-state index contributed by atoms with van der Waals surface area (Å²) >= 11 is 0. The minimum absolute atomic E-state index is 0. The second-order valence-corrected chi connectivity index (χ2v) is 6.42. The molecule has 1 aliphatic heterocycles. The third-order valence-corrected chi connectivity index (χ3v) is 4.74. The van der Waals surface area contributed by atoms with E-state index in [0.717, 1.165) is 55.6 Å². The number of para-hydroxylation sites is 1. The molecule has 0 radical (unpaired) electrons. The van der Waals surface area contributed by atoms with Crippen LogP contribution in [0.15, 0.2) is 34.7 Å². The fraction of sp³-hybridized carbons (Fsp3) is 0.526. The van der Waals surface area contributed by atoms with Crippen molar-refractivity contribution in [2.24, 2.45) is 0 Å². The molecule has 0 saturated carbocycles. The maximum absolute atomic E-state index is 13.1. The van der Waals surface area contributed by atoms with Crippen molar-refractivity contribution >= 4 is 29.3 Å². The molecule has 1 N–H and O–H groups in total. The van der Waals surface area contributed by atoms with E-state index in [-0.39, 0.29) is 24.2 Å². The summed E-state index contributed by atoms with van der Waals surface area (Å²) in [6.07, 6.45) is 3.07. The number of nitrogens with one attached hydrogen (secondary N) is 1. The summed E-state index contributed by atoms with van der Waals surface area (Å²) in [5.41, 5.74) is 0.853. The van der Waals surface area contributed by atoms with Crippen LogP contribution in [0.5, 0.6) is 0 Å². The topological polar surface area (TPSA) is 45.5 Å². The van der Waals surface area contributed by atoms with Gasteiger partial charge in [0.05, 0.1) is 5.92 Å². The van der Waals surface area contributed by atoms with E-state index in [1.165, 1.54) is 0 Å². The number of hydrogen-bond donors (Lipinski definition) is 1. The first kappa shape index (κ1) is 18.8. The maximum Gasteiger partial charge on any atom is 0.233 e. The van der Waals surface area contributed by atoms with Gasteiger partial charge in [0.2, 0.25) is 5.91 Å². The lowest BCUT2D eigenvalue weighted by Crippen LogP contribution is -2.47. The number of carbonyl (C=O) groups is 1. The number of piperidine rings is 1. The molecule has 1 aliphatic rings. The number of carbonyl (C=O) groups excluding carboxylic acids is 1. The first-order valence-electron chi connectivity index (χ1n) is 8.70. The molecule has 5 heteroatoms. The normalized spacial score (nSPS) is 16.6.